The first kappa shape index (κ1) is 31.1. The minimum atomic E-state index is -4.86. The molecule has 214 valence electrons. The van der Waals surface area contributed by atoms with Gasteiger partial charge in [0.2, 0.25) is 17.9 Å². The average Bonchev–Trinajstić information content (AvgIpc) is 2.87. The average molecular weight is 601 g/mol. The predicted molar refractivity (Wildman–Crippen MR) is 146 cm³/mol. The number of allylic oxidation sites excluding steroid dienone is 2. The van der Waals surface area contributed by atoms with Gasteiger partial charge >= 0.3 is 12.1 Å². The van der Waals surface area contributed by atoms with Crippen molar-refractivity contribution in [3.8, 4) is 17.0 Å². The van der Waals surface area contributed by atoms with Crippen molar-refractivity contribution in [2.45, 2.75) is 44.0 Å². The molecule has 0 saturated heterocycles. The Morgan fingerprint density at radius 1 is 1.15 bits per heavy atom. The van der Waals surface area contributed by atoms with Gasteiger partial charge in [-0.05, 0) is 72.6 Å². The molecule has 1 heterocycles. The van der Waals surface area contributed by atoms with E-state index in [-0.39, 0.29) is 46.3 Å². The van der Waals surface area contributed by atoms with Crippen LogP contribution in [0.15, 0.2) is 54.6 Å². The number of nitrogens with two attached hydrogens (primary N) is 2. The Balaban J connectivity index is 0.00000441. The number of carbonyl (C=O) groups is 1. The van der Waals surface area contributed by atoms with Crippen LogP contribution in [0.1, 0.15) is 43.0 Å². The summed E-state index contributed by atoms with van der Waals surface area (Å²) >= 11 is 6.08. The molecule has 0 fully saturated rings. The van der Waals surface area contributed by atoms with Crippen LogP contribution < -0.4 is 16.2 Å². The number of hydrogen-bond acceptors (Lipinski definition) is 6. The van der Waals surface area contributed by atoms with E-state index in [9.17, 15) is 22.4 Å². The van der Waals surface area contributed by atoms with E-state index in [0.29, 0.717) is 36.9 Å². The third-order valence-electron chi connectivity index (χ3n) is 6.46. The van der Waals surface area contributed by atoms with Crippen molar-refractivity contribution in [1.82, 2.24) is 9.97 Å². The summed E-state index contributed by atoms with van der Waals surface area (Å²) in [4.78, 5) is 19.1. The molecular formula is C27H26Cl2F4N4O3. The summed E-state index contributed by atoms with van der Waals surface area (Å²) in [6.45, 7) is 0. The Hall–Kier alpha value is -3.41. The monoisotopic (exact) mass is 600 g/mol. The van der Waals surface area contributed by atoms with Crippen LogP contribution in [0.4, 0.5) is 23.5 Å². The number of halogens is 6. The molecule has 0 radical (unpaired) electrons. The van der Waals surface area contributed by atoms with Gasteiger partial charge in [0.1, 0.15) is 11.9 Å². The summed E-state index contributed by atoms with van der Waals surface area (Å²) in [5.41, 5.74) is 12.7. The van der Waals surface area contributed by atoms with Gasteiger partial charge < -0.3 is 21.3 Å². The lowest BCUT2D eigenvalue weighted by atomic mass is 9.84. The van der Waals surface area contributed by atoms with Gasteiger partial charge in [-0.3, -0.25) is 4.79 Å². The number of rotatable bonds is 8. The molecular weight excluding hydrogens is 575 g/mol. The Bertz CT molecular complexity index is 1390. The maximum absolute atomic E-state index is 14.4. The molecule has 40 heavy (non-hydrogen) atoms. The Morgan fingerprint density at radius 2 is 1.85 bits per heavy atom. The van der Waals surface area contributed by atoms with Crippen molar-refractivity contribution in [3.63, 3.8) is 0 Å². The van der Waals surface area contributed by atoms with E-state index in [1.807, 2.05) is 6.08 Å². The molecule has 7 nitrogen and oxygen atoms in total. The van der Waals surface area contributed by atoms with Crippen molar-refractivity contribution < 1.29 is 32.2 Å². The highest BCUT2D eigenvalue weighted by molar-refractivity contribution is 6.30. The van der Waals surface area contributed by atoms with Crippen LogP contribution in [0.3, 0.4) is 0 Å². The number of benzene rings is 2. The normalized spacial score (nSPS) is 16.9. The van der Waals surface area contributed by atoms with E-state index in [0.717, 1.165) is 17.7 Å². The second-order valence-electron chi connectivity index (χ2n) is 9.28. The van der Waals surface area contributed by atoms with Crippen LogP contribution in [0, 0.1) is 11.7 Å². The highest BCUT2D eigenvalue weighted by Crippen LogP contribution is 2.42. The molecule has 2 aromatic carbocycles. The number of nitrogen functional groups attached to an aromatic ring is 1. The predicted octanol–water partition coefficient (Wildman–Crippen LogP) is 6.61. The molecule has 1 aliphatic carbocycles. The Labute approximate surface area is 238 Å². The summed E-state index contributed by atoms with van der Waals surface area (Å²) in [5, 5.41) is 9.23. The highest BCUT2D eigenvalue weighted by Gasteiger charge is 2.44. The molecule has 0 amide bonds. The van der Waals surface area contributed by atoms with Crippen molar-refractivity contribution in [3.05, 3.63) is 76.7 Å². The van der Waals surface area contributed by atoms with Crippen LogP contribution in [-0.4, -0.2) is 33.3 Å². The quantitative estimate of drug-likeness (QED) is 0.248. The third-order valence-corrected chi connectivity index (χ3v) is 6.70. The fourth-order valence-electron chi connectivity index (χ4n) is 4.53. The lowest BCUT2D eigenvalue weighted by Gasteiger charge is -2.25. The summed E-state index contributed by atoms with van der Waals surface area (Å²) in [6.07, 6.45) is -3.48. The lowest BCUT2D eigenvalue weighted by Crippen LogP contribution is -2.32. The van der Waals surface area contributed by atoms with Crippen molar-refractivity contribution in [2.75, 3.05) is 5.73 Å². The smallest absolute Gasteiger partial charge is 0.429 e. The summed E-state index contributed by atoms with van der Waals surface area (Å²) in [5.74, 6) is -2.20. The van der Waals surface area contributed by atoms with Gasteiger partial charge in [0.15, 0.2) is 0 Å². The first-order valence-electron chi connectivity index (χ1n) is 12.0. The molecule has 1 aliphatic rings. The first-order valence-corrected chi connectivity index (χ1v) is 12.4. The van der Waals surface area contributed by atoms with Gasteiger partial charge in [0, 0.05) is 16.7 Å². The number of anilines is 1. The molecule has 2 unspecified atom stereocenters. The summed E-state index contributed by atoms with van der Waals surface area (Å²) in [7, 11) is 0. The zero-order valence-electron chi connectivity index (χ0n) is 20.9. The van der Waals surface area contributed by atoms with E-state index < -0.39 is 30.1 Å². The lowest BCUT2D eigenvalue weighted by molar-refractivity contribution is -0.198. The van der Waals surface area contributed by atoms with Crippen molar-refractivity contribution in [1.29, 1.82) is 0 Å². The number of aliphatic carboxylic acids is 1. The maximum atomic E-state index is 14.4. The molecule has 0 spiro atoms. The Morgan fingerprint density at radius 3 is 2.45 bits per heavy atom. The first-order chi connectivity index (χ1) is 18.4. The third kappa shape index (κ3) is 7.61. The molecule has 0 aliphatic heterocycles. The number of carboxylic acids is 1. The zero-order valence-corrected chi connectivity index (χ0v) is 22.4. The van der Waals surface area contributed by atoms with Crippen LogP contribution >= 0.6 is 24.0 Å². The van der Waals surface area contributed by atoms with Gasteiger partial charge in [-0.2, -0.15) is 18.2 Å². The second-order valence-corrected chi connectivity index (χ2v) is 9.71. The minimum Gasteiger partial charge on any atom is -0.480 e. The SMILES string of the molecule is Cl.Nc1nc(OC(c2ccc(Cl)cc2-c2ccc(F)cc2)C(F)(F)F)cc(C2=CCC(C[C@H](N)C(=O)O)CC2)n1. The summed E-state index contributed by atoms with van der Waals surface area (Å²) < 4.78 is 62.0. The van der Waals surface area contributed by atoms with E-state index in [1.165, 1.54) is 36.4 Å². The van der Waals surface area contributed by atoms with E-state index in [4.69, 9.17) is 32.9 Å². The van der Waals surface area contributed by atoms with E-state index in [1.54, 1.807) is 0 Å². The van der Waals surface area contributed by atoms with Gasteiger partial charge in [0.25, 0.3) is 0 Å². The molecule has 1 aromatic heterocycles. The van der Waals surface area contributed by atoms with E-state index >= 15 is 0 Å². The van der Waals surface area contributed by atoms with Crippen LogP contribution in [0.25, 0.3) is 16.7 Å². The van der Waals surface area contributed by atoms with Crippen LogP contribution in [0.5, 0.6) is 5.88 Å². The Kier molecular flexibility index (Phi) is 9.99. The standard InChI is InChI=1S/C27H25ClF4N4O3.ClH/c28-17-7-10-19(20(12-17)15-5-8-18(29)9-6-15)24(27(30,31)32)39-23-13-22(35-26(34)36-23)16-3-1-14(2-4-16)11-21(33)25(37)38;/h3,5-10,12-14,21,24H,1-2,4,11,33H2,(H,37,38)(H2,34,35,36);1H/t14?,21-,24?;/m0./s1. The molecule has 0 bridgehead atoms. The van der Waals surface area contributed by atoms with Crippen molar-refractivity contribution in [2.24, 2.45) is 11.7 Å². The number of alkyl halides is 3. The second kappa shape index (κ2) is 12.8. The molecule has 0 saturated carbocycles. The van der Waals surface area contributed by atoms with Crippen molar-refractivity contribution >= 4 is 41.5 Å². The molecule has 4 rings (SSSR count). The number of carboxylic acid groups (broad SMARTS) is 1. The van der Waals surface area contributed by atoms with E-state index in [2.05, 4.69) is 9.97 Å². The fraction of sp³-hybridized carbons (Fsp3) is 0.296. The van der Waals surface area contributed by atoms with Crippen LogP contribution in [-0.2, 0) is 4.79 Å². The number of aromatic nitrogens is 2. The largest absolute Gasteiger partial charge is 0.480 e. The molecule has 3 atom stereocenters. The molecule has 13 heteroatoms. The minimum absolute atomic E-state index is 0. The number of nitrogens with zero attached hydrogens (tertiary/aromatic N) is 2. The maximum Gasteiger partial charge on any atom is 0.429 e. The molecule has 5 N–H and O–H groups in total. The van der Waals surface area contributed by atoms with Gasteiger partial charge in [0.05, 0.1) is 5.69 Å². The highest BCUT2D eigenvalue weighted by atomic mass is 35.5. The van der Waals surface area contributed by atoms with Gasteiger partial charge in [-0.25, -0.2) is 9.37 Å². The summed E-state index contributed by atoms with van der Waals surface area (Å²) in [6, 6.07) is 9.17. The number of hydrogen-bond donors (Lipinski definition) is 3. The van der Waals surface area contributed by atoms with Crippen LogP contribution in [0.2, 0.25) is 5.02 Å². The number of ether oxygens (including phenoxy) is 1. The topological polar surface area (TPSA) is 124 Å². The zero-order chi connectivity index (χ0) is 28.3. The molecule has 3 aromatic rings. The van der Waals surface area contributed by atoms with Gasteiger partial charge in [-0.1, -0.05) is 35.9 Å². The fourth-order valence-corrected chi connectivity index (χ4v) is 4.70. The van der Waals surface area contributed by atoms with Gasteiger partial charge in [-0.15, -0.1) is 12.4 Å².